The van der Waals surface area contributed by atoms with E-state index in [0.29, 0.717) is 24.2 Å². The molecule has 1 aromatic heterocycles. The van der Waals surface area contributed by atoms with Gasteiger partial charge in [0.05, 0.1) is 11.4 Å². The molecule has 1 aromatic rings. The van der Waals surface area contributed by atoms with E-state index in [-0.39, 0.29) is 17.4 Å². The van der Waals surface area contributed by atoms with Crippen LogP contribution in [0.25, 0.3) is 0 Å². The largest absolute Gasteiger partial charge is 0.480 e. The highest BCUT2D eigenvalue weighted by Gasteiger charge is 2.43. The number of aromatic nitrogens is 2. The van der Waals surface area contributed by atoms with E-state index in [1.165, 1.54) is 4.68 Å². The molecule has 7 nitrogen and oxygen atoms in total. The summed E-state index contributed by atoms with van der Waals surface area (Å²) in [5.41, 5.74) is 0.923. The van der Waals surface area contributed by atoms with Crippen LogP contribution in [-0.4, -0.2) is 46.2 Å². The van der Waals surface area contributed by atoms with Crippen molar-refractivity contribution in [2.45, 2.75) is 44.6 Å². The van der Waals surface area contributed by atoms with Crippen LogP contribution in [0, 0.1) is 19.8 Å². The molecule has 0 aliphatic carbocycles. The third-order valence-corrected chi connectivity index (χ3v) is 6.28. The molecule has 1 N–H and O–H groups in total. The van der Waals surface area contributed by atoms with E-state index >= 15 is 0 Å². The first-order valence-corrected chi connectivity index (χ1v) is 8.36. The van der Waals surface area contributed by atoms with Gasteiger partial charge in [-0.3, -0.25) is 9.48 Å². The number of hydrogen-bond acceptors (Lipinski definition) is 4. The van der Waals surface area contributed by atoms with Gasteiger partial charge in [-0.05, 0) is 32.6 Å². The molecule has 0 amide bonds. The number of aliphatic carboxylic acids is 1. The average Bonchev–Trinajstić information content (AvgIpc) is 2.62. The normalized spacial score (nSPS) is 24.2. The van der Waals surface area contributed by atoms with Crippen LogP contribution in [0.1, 0.15) is 31.2 Å². The molecule has 1 aliphatic rings. The van der Waals surface area contributed by atoms with Crippen molar-refractivity contribution < 1.29 is 18.3 Å². The number of nitrogens with zero attached hydrogens (tertiary/aromatic N) is 3. The Balaban J connectivity index is 2.54. The SMILES string of the molecule is Cc1nn(C)c(C)c1S(=O)(=O)N1CCCC(C)C1C(=O)O. The Bertz CT molecular complexity index is 665. The third-order valence-electron chi connectivity index (χ3n) is 4.15. The van der Waals surface area contributed by atoms with Crippen LogP contribution in [0.4, 0.5) is 0 Å². The summed E-state index contributed by atoms with van der Waals surface area (Å²) in [6.07, 6.45) is 1.39. The first kappa shape index (κ1) is 16.0. The minimum Gasteiger partial charge on any atom is -0.480 e. The number of carbonyl (C=O) groups is 1. The highest BCUT2D eigenvalue weighted by Crippen LogP contribution is 2.31. The number of carboxylic acid groups (broad SMARTS) is 1. The highest BCUT2D eigenvalue weighted by molar-refractivity contribution is 7.89. The molecule has 2 unspecified atom stereocenters. The minimum atomic E-state index is -3.86. The first-order valence-electron chi connectivity index (χ1n) is 6.92. The van der Waals surface area contributed by atoms with Crippen molar-refractivity contribution in [1.82, 2.24) is 14.1 Å². The fourth-order valence-electron chi connectivity index (χ4n) is 3.03. The van der Waals surface area contributed by atoms with Gasteiger partial charge >= 0.3 is 5.97 Å². The average molecular weight is 315 g/mol. The summed E-state index contributed by atoms with van der Waals surface area (Å²) in [6.45, 7) is 5.32. The molecular weight excluding hydrogens is 294 g/mol. The van der Waals surface area contributed by atoms with Crippen molar-refractivity contribution >= 4 is 16.0 Å². The molecule has 2 heterocycles. The molecule has 8 heteroatoms. The zero-order valence-electron chi connectivity index (χ0n) is 12.7. The van der Waals surface area contributed by atoms with E-state index in [4.69, 9.17) is 0 Å². The molecule has 1 fully saturated rings. The molecule has 21 heavy (non-hydrogen) atoms. The summed E-state index contributed by atoms with van der Waals surface area (Å²) in [4.78, 5) is 11.6. The molecule has 0 bridgehead atoms. The summed E-state index contributed by atoms with van der Waals surface area (Å²) < 4.78 is 28.5. The van der Waals surface area contributed by atoms with Crippen molar-refractivity contribution in [2.75, 3.05) is 6.54 Å². The second-order valence-corrected chi connectivity index (χ2v) is 7.47. The minimum absolute atomic E-state index is 0.130. The summed E-state index contributed by atoms with van der Waals surface area (Å²) in [5.74, 6) is -1.30. The van der Waals surface area contributed by atoms with E-state index in [1.54, 1.807) is 27.8 Å². The topological polar surface area (TPSA) is 92.5 Å². The van der Waals surface area contributed by atoms with Crippen LogP contribution in [0.2, 0.25) is 0 Å². The van der Waals surface area contributed by atoms with Crippen LogP contribution in [0.15, 0.2) is 4.90 Å². The maximum absolute atomic E-state index is 12.9. The Morgan fingerprint density at radius 3 is 2.48 bits per heavy atom. The predicted octanol–water partition coefficient (Wildman–Crippen LogP) is 0.911. The third kappa shape index (κ3) is 2.57. The summed E-state index contributed by atoms with van der Waals surface area (Å²) in [7, 11) is -2.19. The Morgan fingerprint density at radius 2 is 2.00 bits per heavy atom. The molecule has 118 valence electrons. The molecule has 2 rings (SSSR count). The van der Waals surface area contributed by atoms with Gasteiger partial charge < -0.3 is 5.11 Å². The number of hydrogen-bond donors (Lipinski definition) is 1. The van der Waals surface area contributed by atoms with Crippen LogP contribution < -0.4 is 0 Å². The van der Waals surface area contributed by atoms with Gasteiger partial charge in [0, 0.05) is 13.6 Å². The van der Waals surface area contributed by atoms with E-state index in [1.807, 2.05) is 0 Å². The molecule has 0 radical (unpaired) electrons. The Morgan fingerprint density at radius 1 is 1.38 bits per heavy atom. The zero-order valence-corrected chi connectivity index (χ0v) is 13.5. The number of aryl methyl sites for hydroxylation is 2. The van der Waals surface area contributed by atoms with Gasteiger partial charge in [0.1, 0.15) is 10.9 Å². The van der Waals surface area contributed by atoms with Crippen LogP contribution in [-0.2, 0) is 21.9 Å². The van der Waals surface area contributed by atoms with Gasteiger partial charge in [-0.2, -0.15) is 9.40 Å². The number of rotatable bonds is 3. The van der Waals surface area contributed by atoms with Gasteiger partial charge in [0.25, 0.3) is 0 Å². The lowest BCUT2D eigenvalue weighted by molar-refractivity contribution is -0.144. The lowest BCUT2D eigenvalue weighted by atomic mass is 9.93. The maximum Gasteiger partial charge on any atom is 0.322 e. The Kier molecular flexibility index (Phi) is 4.12. The molecule has 1 saturated heterocycles. The van der Waals surface area contributed by atoms with Crippen molar-refractivity contribution in [1.29, 1.82) is 0 Å². The van der Waals surface area contributed by atoms with Crippen LogP contribution in [0.5, 0.6) is 0 Å². The predicted molar refractivity (Wildman–Crippen MR) is 76.4 cm³/mol. The summed E-state index contributed by atoms with van der Waals surface area (Å²) in [6, 6.07) is -1.01. The first-order chi connectivity index (χ1) is 9.67. The second kappa shape index (κ2) is 5.42. The monoisotopic (exact) mass is 315 g/mol. The molecule has 0 saturated carbocycles. The fraction of sp³-hybridized carbons (Fsp3) is 0.692. The number of sulfonamides is 1. The lowest BCUT2D eigenvalue weighted by Crippen LogP contribution is -2.51. The van der Waals surface area contributed by atoms with Gasteiger partial charge in [-0.15, -0.1) is 0 Å². The molecule has 1 aliphatic heterocycles. The molecule has 0 spiro atoms. The van der Waals surface area contributed by atoms with Crippen molar-refractivity contribution in [3.63, 3.8) is 0 Å². The van der Waals surface area contributed by atoms with Crippen molar-refractivity contribution in [3.8, 4) is 0 Å². The van der Waals surface area contributed by atoms with Gasteiger partial charge in [-0.25, -0.2) is 8.42 Å². The van der Waals surface area contributed by atoms with E-state index < -0.39 is 22.0 Å². The maximum atomic E-state index is 12.9. The molecule has 2 atom stereocenters. The van der Waals surface area contributed by atoms with Crippen molar-refractivity contribution in [3.05, 3.63) is 11.4 Å². The van der Waals surface area contributed by atoms with Crippen molar-refractivity contribution in [2.24, 2.45) is 13.0 Å². The Hall–Kier alpha value is -1.41. The molecule has 0 aromatic carbocycles. The van der Waals surface area contributed by atoms with Gasteiger partial charge in [0.15, 0.2) is 0 Å². The standard InChI is InChI=1S/C13H21N3O4S/c1-8-6-5-7-16(11(8)13(17)18)21(19,20)12-9(2)14-15(4)10(12)3/h8,11H,5-7H2,1-4H3,(H,17,18). The Labute approximate surface area is 124 Å². The van der Waals surface area contributed by atoms with E-state index in [0.717, 1.165) is 4.31 Å². The summed E-state index contributed by atoms with van der Waals surface area (Å²) in [5, 5.41) is 13.5. The quantitative estimate of drug-likeness (QED) is 0.895. The highest BCUT2D eigenvalue weighted by atomic mass is 32.2. The smallest absolute Gasteiger partial charge is 0.322 e. The van der Waals surface area contributed by atoms with Crippen LogP contribution in [0.3, 0.4) is 0 Å². The zero-order chi connectivity index (χ0) is 15.9. The van der Waals surface area contributed by atoms with Gasteiger partial charge in [0.2, 0.25) is 10.0 Å². The van der Waals surface area contributed by atoms with E-state index in [2.05, 4.69) is 5.10 Å². The van der Waals surface area contributed by atoms with E-state index in [9.17, 15) is 18.3 Å². The van der Waals surface area contributed by atoms with Gasteiger partial charge in [-0.1, -0.05) is 6.92 Å². The number of carboxylic acids is 1. The molecular formula is C13H21N3O4S. The summed E-state index contributed by atoms with van der Waals surface area (Å²) >= 11 is 0. The number of piperidine rings is 1. The van der Waals surface area contributed by atoms with Crippen LogP contribution >= 0.6 is 0 Å². The lowest BCUT2D eigenvalue weighted by Gasteiger charge is -2.36. The second-order valence-electron chi connectivity index (χ2n) is 5.64. The fourth-order valence-corrected chi connectivity index (χ4v) is 5.15.